The maximum Gasteiger partial charge on any atom is 0.127 e. The van der Waals surface area contributed by atoms with Crippen LogP contribution in [0.3, 0.4) is 0 Å². The molecular formula is C24H22FN2. The number of halogens is 1. The molecule has 0 atom stereocenters. The van der Waals surface area contributed by atoms with Crippen molar-refractivity contribution < 1.29 is 4.39 Å². The van der Waals surface area contributed by atoms with Gasteiger partial charge in [0.1, 0.15) is 5.82 Å². The molecular weight excluding hydrogens is 335 g/mol. The van der Waals surface area contributed by atoms with Crippen LogP contribution >= 0.6 is 0 Å². The van der Waals surface area contributed by atoms with Gasteiger partial charge in [-0.25, -0.2) is 4.39 Å². The Morgan fingerprint density at radius 3 is 2.48 bits per heavy atom. The molecule has 0 aliphatic carbocycles. The smallest absolute Gasteiger partial charge is 0.127 e. The number of benzene rings is 3. The van der Waals surface area contributed by atoms with E-state index >= 15 is 0 Å². The van der Waals surface area contributed by atoms with E-state index in [0.29, 0.717) is 12.6 Å². The van der Waals surface area contributed by atoms with Crippen molar-refractivity contribution in [2.45, 2.75) is 25.4 Å². The van der Waals surface area contributed by atoms with Crippen molar-refractivity contribution in [3.8, 4) is 0 Å². The van der Waals surface area contributed by atoms with Gasteiger partial charge in [-0.15, -0.1) is 0 Å². The number of hydrogen-bond donors (Lipinski definition) is 0. The molecule has 5 rings (SSSR count). The van der Waals surface area contributed by atoms with Gasteiger partial charge in [-0.1, -0.05) is 48.5 Å². The van der Waals surface area contributed by atoms with Gasteiger partial charge in [0.2, 0.25) is 0 Å². The summed E-state index contributed by atoms with van der Waals surface area (Å²) in [5.74, 6) is -0.0995. The fraction of sp³-hybridized carbons (Fsp3) is 0.250. The molecule has 2 heterocycles. The summed E-state index contributed by atoms with van der Waals surface area (Å²) in [7, 11) is 0. The van der Waals surface area contributed by atoms with Gasteiger partial charge in [0, 0.05) is 53.0 Å². The number of aromatic nitrogens is 1. The summed E-state index contributed by atoms with van der Waals surface area (Å²) >= 11 is 0. The Morgan fingerprint density at radius 1 is 0.889 bits per heavy atom. The van der Waals surface area contributed by atoms with Crippen LogP contribution in [0.1, 0.15) is 24.4 Å². The van der Waals surface area contributed by atoms with Crippen LogP contribution in [0.25, 0.3) is 21.8 Å². The normalized spacial score (nSPS) is 16.3. The first-order valence-electron chi connectivity index (χ1n) is 9.66. The van der Waals surface area contributed by atoms with Crippen molar-refractivity contribution in [2.24, 2.45) is 0 Å². The molecule has 0 amide bonds. The molecule has 1 aliphatic heterocycles. The van der Waals surface area contributed by atoms with Gasteiger partial charge in [-0.2, -0.15) is 0 Å². The molecule has 0 unspecified atom stereocenters. The number of para-hydroxylation sites is 1. The average Bonchev–Trinajstić information content (AvgIpc) is 3.05. The first-order chi connectivity index (χ1) is 13.3. The fourth-order valence-electron chi connectivity index (χ4n) is 4.47. The summed E-state index contributed by atoms with van der Waals surface area (Å²) in [6.45, 7) is 2.67. The molecule has 1 saturated heterocycles. The quantitative estimate of drug-likeness (QED) is 0.465. The lowest BCUT2D eigenvalue weighted by molar-refractivity contribution is 0.181. The van der Waals surface area contributed by atoms with Crippen molar-refractivity contribution in [1.82, 2.24) is 9.47 Å². The van der Waals surface area contributed by atoms with E-state index in [1.54, 1.807) is 12.1 Å². The van der Waals surface area contributed by atoms with Crippen molar-refractivity contribution >= 4 is 21.8 Å². The molecule has 0 N–H and O–H groups in total. The second-order valence-electron chi connectivity index (χ2n) is 7.42. The fourth-order valence-corrected chi connectivity index (χ4v) is 4.47. The minimum Gasteiger partial charge on any atom is -0.337 e. The molecule has 1 aromatic heterocycles. The number of fused-ring (bicyclic) bond motifs is 3. The van der Waals surface area contributed by atoms with E-state index in [1.165, 1.54) is 21.8 Å². The average molecular weight is 357 g/mol. The third-order valence-electron chi connectivity index (χ3n) is 5.80. The highest BCUT2D eigenvalue weighted by Crippen LogP contribution is 2.35. The minimum absolute atomic E-state index is 0.0995. The summed E-state index contributed by atoms with van der Waals surface area (Å²) in [6.07, 6.45) is 2.16. The van der Waals surface area contributed by atoms with Crippen molar-refractivity contribution in [3.05, 3.63) is 84.2 Å². The van der Waals surface area contributed by atoms with Crippen LogP contribution in [0.15, 0.2) is 66.7 Å². The van der Waals surface area contributed by atoms with Crippen LogP contribution in [0, 0.1) is 11.9 Å². The molecule has 0 bridgehead atoms. The zero-order chi connectivity index (χ0) is 18.2. The van der Waals surface area contributed by atoms with Gasteiger partial charge in [-0.3, -0.25) is 4.90 Å². The molecule has 0 spiro atoms. The second kappa shape index (κ2) is 6.82. The number of likely N-dealkylation sites (tertiary alicyclic amines) is 1. The summed E-state index contributed by atoms with van der Waals surface area (Å²) < 4.78 is 16.5. The maximum atomic E-state index is 14.0. The van der Waals surface area contributed by atoms with Crippen molar-refractivity contribution in [2.75, 3.05) is 13.1 Å². The highest BCUT2D eigenvalue weighted by atomic mass is 19.1. The maximum absolute atomic E-state index is 14.0. The van der Waals surface area contributed by atoms with E-state index in [-0.39, 0.29) is 5.82 Å². The van der Waals surface area contributed by atoms with E-state index in [0.717, 1.165) is 31.5 Å². The zero-order valence-electron chi connectivity index (χ0n) is 15.2. The van der Waals surface area contributed by atoms with Gasteiger partial charge in [0.25, 0.3) is 0 Å². The van der Waals surface area contributed by atoms with E-state index in [4.69, 9.17) is 0 Å². The minimum atomic E-state index is -0.0995. The van der Waals surface area contributed by atoms with Crippen molar-refractivity contribution in [1.29, 1.82) is 0 Å². The Kier molecular flexibility index (Phi) is 4.17. The Labute approximate surface area is 158 Å². The summed E-state index contributed by atoms with van der Waals surface area (Å²) in [6, 6.07) is 25.9. The highest BCUT2D eigenvalue weighted by Gasteiger charge is 2.24. The first-order valence-corrected chi connectivity index (χ1v) is 9.66. The Balaban J connectivity index is 1.42. The molecule has 4 aromatic rings. The molecule has 1 radical (unpaired) electrons. The summed E-state index contributed by atoms with van der Waals surface area (Å²) in [5, 5.41) is 2.49. The van der Waals surface area contributed by atoms with E-state index < -0.39 is 0 Å². The van der Waals surface area contributed by atoms with Gasteiger partial charge < -0.3 is 4.57 Å². The van der Waals surface area contributed by atoms with Gasteiger partial charge in [0.05, 0.1) is 0 Å². The van der Waals surface area contributed by atoms with Crippen LogP contribution in [0.2, 0.25) is 0 Å². The van der Waals surface area contributed by atoms with E-state index in [2.05, 4.69) is 51.9 Å². The molecule has 2 nitrogen and oxygen atoms in total. The van der Waals surface area contributed by atoms with Gasteiger partial charge in [0.15, 0.2) is 0 Å². The number of piperidine rings is 1. The van der Waals surface area contributed by atoms with Crippen LogP contribution in [-0.2, 0) is 6.54 Å². The first kappa shape index (κ1) is 16.5. The molecule has 27 heavy (non-hydrogen) atoms. The topological polar surface area (TPSA) is 8.17 Å². The molecule has 0 saturated carbocycles. The van der Waals surface area contributed by atoms with E-state index in [9.17, 15) is 4.39 Å². The predicted molar refractivity (Wildman–Crippen MR) is 108 cm³/mol. The van der Waals surface area contributed by atoms with E-state index in [1.807, 2.05) is 18.2 Å². The summed E-state index contributed by atoms with van der Waals surface area (Å²) in [5.41, 5.74) is 3.36. The molecule has 1 aliphatic rings. The SMILES string of the molecule is Fc1ccccc1CN1CCC(n2c3ccc[c]c3c3ccccc32)CC1. The Bertz CT molecular complexity index is 1040. The largest absolute Gasteiger partial charge is 0.337 e. The van der Waals surface area contributed by atoms with Crippen LogP contribution in [0.5, 0.6) is 0 Å². The number of rotatable bonds is 3. The lowest BCUT2D eigenvalue weighted by Gasteiger charge is -2.33. The molecule has 1 fully saturated rings. The monoisotopic (exact) mass is 357 g/mol. The summed E-state index contributed by atoms with van der Waals surface area (Å²) in [4.78, 5) is 2.37. The van der Waals surface area contributed by atoms with Crippen LogP contribution in [0.4, 0.5) is 4.39 Å². The lowest BCUT2D eigenvalue weighted by Crippen LogP contribution is -2.34. The molecule has 135 valence electrons. The number of nitrogens with zero attached hydrogens (tertiary/aromatic N) is 2. The van der Waals surface area contributed by atoms with Crippen LogP contribution < -0.4 is 0 Å². The predicted octanol–water partition coefficient (Wildman–Crippen LogP) is 5.57. The van der Waals surface area contributed by atoms with Crippen LogP contribution in [-0.4, -0.2) is 22.6 Å². The van der Waals surface area contributed by atoms with Gasteiger partial charge in [-0.05, 0) is 37.1 Å². The molecule has 3 heteroatoms. The Morgan fingerprint density at radius 2 is 1.63 bits per heavy atom. The standard InChI is InChI=1S/C24H22FN2/c25-22-10-4-1-7-18(22)17-26-15-13-19(14-16-26)27-23-11-5-2-8-20(23)21-9-3-6-12-24(21)27/h1-8,10-12,19H,13-17H2. The Hall–Kier alpha value is -2.65. The second-order valence-corrected chi connectivity index (χ2v) is 7.42. The van der Waals surface area contributed by atoms with Gasteiger partial charge >= 0.3 is 0 Å². The third-order valence-corrected chi connectivity index (χ3v) is 5.80. The molecule has 3 aromatic carbocycles. The third kappa shape index (κ3) is 2.92. The lowest BCUT2D eigenvalue weighted by atomic mass is 10.0. The zero-order valence-corrected chi connectivity index (χ0v) is 15.2. The highest BCUT2D eigenvalue weighted by molar-refractivity contribution is 6.07. The number of hydrogen-bond acceptors (Lipinski definition) is 1. The van der Waals surface area contributed by atoms with Crippen molar-refractivity contribution in [3.63, 3.8) is 0 Å².